The molecule has 1 rings (SSSR count). The van der Waals surface area contributed by atoms with Gasteiger partial charge < -0.3 is 10.4 Å². The van der Waals surface area contributed by atoms with Crippen LogP contribution < -0.4 is 11.0 Å². The van der Waals surface area contributed by atoms with Gasteiger partial charge in [-0.05, 0) is 13.0 Å². The van der Waals surface area contributed by atoms with E-state index in [4.69, 9.17) is 5.11 Å². The van der Waals surface area contributed by atoms with Crippen LogP contribution in [-0.2, 0) is 16.1 Å². The van der Waals surface area contributed by atoms with E-state index in [0.717, 1.165) is 4.57 Å². The van der Waals surface area contributed by atoms with E-state index < -0.39 is 23.6 Å². The fourth-order valence-corrected chi connectivity index (χ4v) is 1.01. The molecule has 2 N–H and O–H groups in total. The number of carboxylic acid groups (broad SMARTS) is 1. The summed E-state index contributed by atoms with van der Waals surface area (Å²) in [5.74, 6) is -1.68. The highest BCUT2D eigenvalue weighted by atomic mass is 16.4. The smallest absolute Gasteiger partial charge is 0.347 e. The van der Waals surface area contributed by atoms with Gasteiger partial charge in [0.1, 0.15) is 12.6 Å². The number of carbonyl (C=O) groups is 2. The van der Waals surface area contributed by atoms with Gasteiger partial charge in [-0.1, -0.05) is 0 Å². The number of aromatic nitrogens is 2. The molecule has 0 saturated carbocycles. The SMILES string of the molecule is CC(NC(=O)Cn1cccnc1=O)C(=O)O. The van der Waals surface area contributed by atoms with Gasteiger partial charge in [-0.2, -0.15) is 0 Å². The molecule has 1 amide bonds. The molecular weight excluding hydrogens is 214 g/mol. The summed E-state index contributed by atoms with van der Waals surface area (Å²) in [5, 5.41) is 10.8. The minimum absolute atomic E-state index is 0.246. The van der Waals surface area contributed by atoms with Crippen LogP contribution in [0.15, 0.2) is 23.3 Å². The van der Waals surface area contributed by atoms with Crippen LogP contribution in [0.2, 0.25) is 0 Å². The maximum Gasteiger partial charge on any atom is 0.347 e. The number of rotatable bonds is 4. The van der Waals surface area contributed by atoms with Crippen LogP contribution in [0, 0.1) is 0 Å². The Morgan fingerprint density at radius 1 is 1.62 bits per heavy atom. The first-order chi connectivity index (χ1) is 7.50. The predicted octanol–water partition coefficient (Wildman–Crippen LogP) is -1.17. The van der Waals surface area contributed by atoms with E-state index in [1.165, 1.54) is 25.4 Å². The third kappa shape index (κ3) is 3.19. The van der Waals surface area contributed by atoms with E-state index in [2.05, 4.69) is 10.3 Å². The molecule has 7 heteroatoms. The van der Waals surface area contributed by atoms with Gasteiger partial charge in [0.25, 0.3) is 0 Å². The van der Waals surface area contributed by atoms with Crippen LogP contribution in [0.5, 0.6) is 0 Å². The number of carboxylic acids is 1. The van der Waals surface area contributed by atoms with E-state index in [9.17, 15) is 14.4 Å². The van der Waals surface area contributed by atoms with Crippen molar-refractivity contribution in [3.05, 3.63) is 28.9 Å². The molecular formula is C9H11N3O4. The molecule has 1 aromatic heterocycles. The van der Waals surface area contributed by atoms with Crippen molar-refractivity contribution < 1.29 is 14.7 Å². The molecule has 0 aliphatic heterocycles. The van der Waals surface area contributed by atoms with Crippen molar-refractivity contribution >= 4 is 11.9 Å². The molecule has 0 fully saturated rings. The third-order valence-corrected chi connectivity index (χ3v) is 1.84. The van der Waals surface area contributed by atoms with Gasteiger partial charge in [-0.15, -0.1) is 0 Å². The molecule has 0 spiro atoms. The Labute approximate surface area is 90.7 Å². The van der Waals surface area contributed by atoms with Crippen molar-refractivity contribution in [3.63, 3.8) is 0 Å². The first-order valence-corrected chi connectivity index (χ1v) is 4.54. The summed E-state index contributed by atoms with van der Waals surface area (Å²) in [4.78, 5) is 36.4. The van der Waals surface area contributed by atoms with Crippen molar-refractivity contribution in [3.8, 4) is 0 Å². The lowest BCUT2D eigenvalue weighted by molar-refractivity contribution is -0.141. The Bertz CT molecular complexity index is 454. The minimum Gasteiger partial charge on any atom is -0.480 e. The van der Waals surface area contributed by atoms with Gasteiger partial charge in [0.05, 0.1) is 0 Å². The van der Waals surface area contributed by atoms with E-state index in [0.29, 0.717) is 0 Å². The Hall–Kier alpha value is -2.18. The zero-order chi connectivity index (χ0) is 12.1. The van der Waals surface area contributed by atoms with Crippen molar-refractivity contribution in [2.24, 2.45) is 0 Å². The normalized spacial score (nSPS) is 11.8. The summed E-state index contributed by atoms with van der Waals surface area (Å²) in [7, 11) is 0. The highest BCUT2D eigenvalue weighted by Gasteiger charge is 2.14. The molecule has 1 unspecified atom stereocenters. The van der Waals surface area contributed by atoms with Crippen LogP contribution in [-0.4, -0.2) is 32.6 Å². The summed E-state index contributed by atoms with van der Waals surface area (Å²) < 4.78 is 1.09. The lowest BCUT2D eigenvalue weighted by Gasteiger charge is -2.09. The average Bonchev–Trinajstić information content (AvgIpc) is 2.21. The fraction of sp³-hybridized carbons (Fsp3) is 0.333. The van der Waals surface area contributed by atoms with E-state index in [1.54, 1.807) is 0 Å². The molecule has 0 aliphatic carbocycles. The zero-order valence-corrected chi connectivity index (χ0v) is 8.58. The summed E-state index contributed by atoms with van der Waals surface area (Å²) >= 11 is 0. The second-order valence-corrected chi connectivity index (χ2v) is 3.16. The fourth-order valence-electron chi connectivity index (χ4n) is 1.01. The van der Waals surface area contributed by atoms with E-state index in [1.807, 2.05) is 0 Å². The lowest BCUT2D eigenvalue weighted by Crippen LogP contribution is -2.41. The van der Waals surface area contributed by atoms with Gasteiger partial charge >= 0.3 is 11.7 Å². The lowest BCUT2D eigenvalue weighted by atomic mass is 10.3. The molecule has 0 radical (unpaired) electrons. The van der Waals surface area contributed by atoms with Crippen LogP contribution >= 0.6 is 0 Å². The molecule has 16 heavy (non-hydrogen) atoms. The molecule has 7 nitrogen and oxygen atoms in total. The number of hydrogen-bond acceptors (Lipinski definition) is 4. The Morgan fingerprint density at radius 3 is 2.88 bits per heavy atom. The second-order valence-electron chi connectivity index (χ2n) is 3.16. The first-order valence-electron chi connectivity index (χ1n) is 4.54. The zero-order valence-electron chi connectivity index (χ0n) is 8.58. The highest BCUT2D eigenvalue weighted by molar-refractivity contribution is 5.82. The molecule has 1 heterocycles. The van der Waals surface area contributed by atoms with Gasteiger partial charge in [0.15, 0.2) is 0 Å². The number of hydrogen-bond donors (Lipinski definition) is 2. The first kappa shape index (κ1) is 11.9. The quantitative estimate of drug-likeness (QED) is 0.672. The van der Waals surface area contributed by atoms with Crippen LogP contribution in [0.1, 0.15) is 6.92 Å². The molecule has 0 saturated heterocycles. The largest absolute Gasteiger partial charge is 0.480 e. The number of aliphatic carboxylic acids is 1. The molecule has 1 atom stereocenters. The maximum atomic E-state index is 11.3. The van der Waals surface area contributed by atoms with Crippen molar-refractivity contribution in [2.45, 2.75) is 19.5 Å². The van der Waals surface area contributed by atoms with Gasteiger partial charge in [0, 0.05) is 12.4 Å². The van der Waals surface area contributed by atoms with Gasteiger partial charge in [-0.3, -0.25) is 14.2 Å². The number of carbonyl (C=O) groups excluding carboxylic acids is 1. The minimum atomic E-state index is -1.13. The summed E-state index contributed by atoms with van der Waals surface area (Å²) in [6.45, 7) is 1.09. The topological polar surface area (TPSA) is 101 Å². The van der Waals surface area contributed by atoms with Crippen molar-refractivity contribution in [2.75, 3.05) is 0 Å². The van der Waals surface area contributed by atoms with Gasteiger partial charge in [0.2, 0.25) is 5.91 Å². The highest BCUT2D eigenvalue weighted by Crippen LogP contribution is 1.84. The summed E-state index contributed by atoms with van der Waals surface area (Å²) in [6, 6.07) is 0.523. The van der Waals surface area contributed by atoms with Crippen LogP contribution in [0.4, 0.5) is 0 Å². The summed E-state index contributed by atoms with van der Waals surface area (Å²) in [6.07, 6.45) is 2.72. The number of amides is 1. The Morgan fingerprint density at radius 2 is 2.31 bits per heavy atom. The average molecular weight is 225 g/mol. The molecule has 1 aromatic rings. The maximum absolute atomic E-state index is 11.3. The summed E-state index contributed by atoms with van der Waals surface area (Å²) in [5.41, 5.74) is -0.555. The Kier molecular flexibility index (Phi) is 3.76. The molecule has 0 aliphatic rings. The number of nitrogens with zero attached hydrogens (tertiary/aromatic N) is 2. The second kappa shape index (κ2) is 5.06. The van der Waals surface area contributed by atoms with E-state index in [-0.39, 0.29) is 6.54 Å². The molecule has 0 bridgehead atoms. The Balaban J connectivity index is 2.62. The standard InChI is InChI=1S/C9H11N3O4/c1-6(8(14)15)11-7(13)5-12-4-2-3-10-9(12)16/h2-4,6H,5H2,1H3,(H,11,13)(H,14,15). The molecule has 86 valence electrons. The van der Waals surface area contributed by atoms with E-state index >= 15 is 0 Å². The van der Waals surface area contributed by atoms with Crippen molar-refractivity contribution in [1.29, 1.82) is 0 Å². The van der Waals surface area contributed by atoms with Gasteiger partial charge in [-0.25, -0.2) is 9.78 Å². The number of nitrogens with one attached hydrogen (secondary N) is 1. The van der Waals surface area contributed by atoms with Crippen LogP contribution in [0.3, 0.4) is 0 Å². The molecule has 0 aromatic carbocycles. The third-order valence-electron chi connectivity index (χ3n) is 1.84. The van der Waals surface area contributed by atoms with Crippen molar-refractivity contribution in [1.82, 2.24) is 14.9 Å². The van der Waals surface area contributed by atoms with Crippen LogP contribution in [0.25, 0.3) is 0 Å². The monoisotopic (exact) mass is 225 g/mol. The predicted molar refractivity (Wildman–Crippen MR) is 53.7 cm³/mol.